The summed E-state index contributed by atoms with van der Waals surface area (Å²) in [4.78, 5) is 0. The molecular formula is C60H102N2Ni. The largest absolute Gasteiger partial charge is 2.00 e. The summed E-state index contributed by atoms with van der Waals surface area (Å²) in [7, 11) is 0. The minimum Gasteiger partial charge on any atom is -0.493 e. The number of rotatable bonds is 32. The van der Waals surface area contributed by atoms with Crippen LogP contribution in [0.15, 0.2) is 35.4 Å². The first kappa shape index (κ1) is 61.0. The smallest absolute Gasteiger partial charge is 0.493 e. The van der Waals surface area contributed by atoms with Gasteiger partial charge in [-0.15, -0.1) is 0 Å². The van der Waals surface area contributed by atoms with E-state index in [0.717, 1.165) is 73.9 Å². The van der Waals surface area contributed by atoms with Crippen LogP contribution in [0.5, 0.6) is 0 Å². The maximum atomic E-state index is 11.7. The van der Waals surface area contributed by atoms with Crippen LogP contribution in [0, 0.1) is 55.4 Å². The van der Waals surface area contributed by atoms with Gasteiger partial charge in [-0.1, -0.05) is 195 Å². The van der Waals surface area contributed by atoms with Crippen LogP contribution >= 0.6 is 0 Å². The zero-order valence-electron chi connectivity index (χ0n) is 43.6. The van der Waals surface area contributed by atoms with Gasteiger partial charge in [-0.3, -0.25) is 0 Å². The number of aryl methyl sites for hydroxylation is 4. The van der Waals surface area contributed by atoms with Gasteiger partial charge in [-0.25, -0.2) is 4.70 Å². The Balaban J connectivity index is 0.00000104. The van der Waals surface area contributed by atoms with Gasteiger partial charge in [0.1, 0.15) is 0 Å². The molecule has 0 unspecified atom stereocenters. The fraction of sp³-hybridized carbons (Fsp3) is 0.700. The van der Waals surface area contributed by atoms with Crippen LogP contribution < -0.4 is 0 Å². The molecule has 3 rings (SSSR count). The Kier molecular flexibility index (Phi) is 38.0. The van der Waals surface area contributed by atoms with Crippen LogP contribution in [0.25, 0.3) is 16.9 Å². The van der Waals surface area contributed by atoms with Crippen molar-refractivity contribution >= 4 is 11.4 Å². The van der Waals surface area contributed by atoms with E-state index < -0.39 is 0 Å². The molecule has 1 aliphatic rings. The maximum absolute atomic E-state index is 11.7. The van der Waals surface area contributed by atoms with Crippen molar-refractivity contribution in [2.45, 2.75) is 275 Å². The SMILES string of the molecule is CCCCC1=C(c2cc(C)c(C)c(C)c2)[N+](=[N-])C(c2cc(C)c(C)c(C)c2)=C1CCCC.[CH2-]CCCCCCCCCCCCCC.[CH2-]CCCCCCCCCCCCCC.[Ni+2]. The van der Waals surface area contributed by atoms with Crippen molar-refractivity contribution in [1.29, 1.82) is 0 Å². The van der Waals surface area contributed by atoms with Crippen LogP contribution in [0.4, 0.5) is 0 Å². The van der Waals surface area contributed by atoms with Gasteiger partial charge in [0.05, 0.1) is 0 Å². The van der Waals surface area contributed by atoms with Crippen molar-refractivity contribution in [1.82, 2.24) is 0 Å². The molecule has 0 aromatic heterocycles. The standard InChI is InChI=1S/C30H40N2.2C15H31.Ni/c1-9-11-13-27-28(14-12-10-2)30(26-17-21(5)24(8)22(6)18-26)32(31)29(27)25-15-19(3)23(7)20(4)16-25;2*1-3-5-7-9-11-13-15-14-12-10-8-6-4-2;/h15-18H,9-14H2,1-8H3;2*1,3-15H2,2H3;/q;2*-1;+2. The third kappa shape index (κ3) is 24.9. The first-order valence-corrected chi connectivity index (χ1v) is 26.7. The van der Waals surface area contributed by atoms with Crippen molar-refractivity contribution in [3.63, 3.8) is 0 Å². The normalized spacial score (nSPS) is 12.3. The minimum absolute atomic E-state index is 0. The molecule has 2 aromatic rings. The first-order valence-electron chi connectivity index (χ1n) is 26.7. The molecule has 1 heterocycles. The topological polar surface area (TPSA) is 25.3 Å². The van der Waals surface area contributed by atoms with Crippen LogP contribution in [0.3, 0.4) is 0 Å². The molecule has 2 nitrogen and oxygen atoms in total. The molecule has 0 saturated carbocycles. The van der Waals surface area contributed by atoms with Crippen molar-refractivity contribution in [2.75, 3.05) is 0 Å². The maximum Gasteiger partial charge on any atom is 2.00 e. The zero-order valence-corrected chi connectivity index (χ0v) is 44.5. The van der Waals surface area contributed by atoms with Gasteiger partial charge < -0.3 is 19.4 Å². The number of hydrogen-bond acceptors (Lipinski definition) is 0. The van der Waals surface area contributed by atoms with Crippen molar-refractivity contribution in [3.05, 3.63) is 99.3 Å². The van der Waals surface area contributed by atoms with Crippen molar-refractivity contribution in [3.8, 4) is 0 Å². The van der Waals surface area contributed by atoms with Gasteiger partial charge >= 0.3 is 16.5 Å². The Morgan fingerprint density at radius 2 is 0.587 bits per heavy atom. The molecule has 63 heavy (non-hydrogen) atoms. The molecule has 0 saturated heterocycles. The molecule has 362 valence electrons. The Hall–Kier alpha value is -1.99. The van der Waals surface area contributed by atoms with E-state index in [4.69, 9.17) is 0 Å². The van der Waals surface area contributed by atoms with E-state index in [1.54, 1.807) is 0 Å². The monoisotopic (exact) mass is 909 g/mol. The molecule has 0 aliphatic carbocycles. The summed E-state index contributed by atoms with van der Waals surface area (Å²) in [5.41, 5.74) is 26.4. The van der Waals surface area contributed by atoms with Gasteiger partial charge in [-0.2, -0.15) is 12.8 Å². The summed E-state index contributed by atoms with van der Waals surface area (Å²) >= 11 is 0. The molecular weight excluding hydrogens is 807 g/mol. The second kappa shape index (κ2) is 39.2. The fourth-order valence-electron chi connectivity index (χ4n) is 8.87. The molecule has 0 radical (unpaired) electrons. The number of unbranched alkanes of at least 4 members (excludes halogenated alkanes) is 26. The molecule has 0 amide bonds. The molecule has 0 N–H and O–H groups in total. The minimum atomic E-state index is 0. The molecule has 0 fully saturated rings. The first-order chi connectivity index (χ1) is 30.0. The van der Waals surface area contributed by atoms with E-state index in [1.165, 1.54) is 203 Å². The average Bonchev–Trinajstić information content (AvgIpc) is 3.54. The average molecular weight is 910 g/mol. The number of hydrogen-bond donors (Lipinski definition) is 0. The van der Waals surface area contributed by atoms with E-state index in [1.807, 2.05) is 0 Å². The van der Waals surface area contributed by atoms with Gasteiger partial charge in [0.2, 0.25) is 11.4 Å². The molecule has 0 bridgehead atoms. The third-order valence-electron chi connectivity index (χ3n) is 13.5. The summed E-state index contributed by atoms with van der Waals surface area (Å²) in [6, 6.07) is 9.00. The summed E-state index contributed by atoms with van der Waals surface area (Å²) in [6.45, 7) is 29.9. The second-order valence-electron chi connectivity index (χ2n) is 19.1. The summed E-state index contributed by atoms with van der Waals surface area (Å²) < 4.78 is 1.52. The van der Waals surface area contributed by atoms with Crippen molar-refractivity contribution < 1.29 is 21.2 Å². The predicted molar refractivity (Wildman–Crippen MR) is 280 cm³/mol. The van der Waals surface area contributed by atoms with Crippen LogP contribution in [0.2, 0.25) is 0 Å². The molecule has 2 aromatic carbocycles. The van der Waals surface area contributed by atoms with E-state index in [9.17, 15) is 5.53 Å². The number of allylic oxidation sites excluding steroid dienone is 2. The summed E-state index contributed by atoms with van der Waals surface area (Å²) in [5, 5.41) is 0. The Bertz CT molecular complexity index is 1360. The number of nitrogens with zero attached hydrogens (tertiary/aromatic N) is 2. The third-order valence-corrected chi connectivity index (χ3v) is 13.5. The molecule has 0 spiro atoms. The van der Waals surface area contributed by atoms with E-state index in [2.05, 4.69) is 107 Å². The van der Waals surface area contributed by atoms with E-state index in [-0.39, 0.29) is 16.5 Å². The van der Waals surface area contributed by atoms with E-state index >= 15 is 0 Å². The van der Waals surface area contributed by atoms with Gasteiger partial charge in [0.25, 0.3) is 0 Å². The number of benzene rings is 2. The molecule has 0 atom stereocenters. The fourth-order valence-corrected chi connectivity index (χ4v) is 8.87. The van der Waals surface area contributed by atoms with Gasteiger partial charge in [-0.05, 0) is 125 Å². The quantitative estimate of drug-likeness (QED) is 0.0303. The van der Waals surface area contributed by atoms with Crippen LogP contribution in [-0.4, -0.2) is 4.70 Å². The Morgan fingerprint density at radius 1 is 0.365 bits per heavy atom. The second-order valence-corrected chi connectivity index (χ2v) is 19.1. The predicted octanol–water partition coefficient (Wildman–Crippen LogP) is 20.9. The van der Waals surface area contributed by atoms with Crippen LogP contribution in [-0.2, 0) is 16.5 Å². The van der Waals surface area contributed by atoms with Gasteiger partial charge in [0, 0.05) is 22.3 Å². The Morgan fingerprint density at radius 3 is 0.810 bits per heavy atom. The molecule has 3 heteroatoms. The molecule has 1 aliphatic heterocycles. The van der Waals surface area contributed by atoms with Crippen molar-refractivity contribution in [2.24, 2.45) is 0 Å². The Labute approximate surface area is 404 Å². The summed E-state index contributed by atoms with van der Waals surface area (Å²) in [6.07, 6.45) is 43.3. The van der Waals surface area contributed by atoms with Gasteiger partial charge in [0.15, 0.2) is 0 Å². The zero-order chi connectivity index (χ0) is 46.0. The van der Waals surface area contributed by atoms with Crippen LogP contribution in [0.1, 0.15) is 278 Å². The van der Waals surface area contributed by atoms with E-state index in [0.29, 0.717) is 0 Å². The summed E-state index contributed by atoms with van der Waals surface area (Å²) in [5.74, 6) is 0.